The first-order chi connectivity index (χ1) is 13.3. The van der Waals surface area contributed by atoms with Crippen LogP contribution < -0.4 is 10.0 Å². The Hall–Kier alpha value is -2.29. The molecule has 28 heavy (non-hydrogen) atoms. The van der Waals surface area contributed by atoms with Gasteiger partial charge in [0.2, 0.25) is 5.91 Å². The van der Waals surface area contributed by atoms with Gasteiger partial charge in [-0.05, 0) is 67.3 Å². The van der Waals surface area contributed by atoms with Gasteiger partial charge in [-0.15, -0.1) is 23.1 Å². The maximum atomic E-state index is 12.4. The van der Waals surface area contributed by atoms with E-state index in [2.05, 4.69) is 10.0 Å². The molecule has 1 atom stereocenters. The van der Waals surface area contributed by atoms with Crippen LogP contribution in [-0.2, 0) is 14.8 Å². The third-order valence-electron chi connectivity index (χ3n) is 3.83. The second-order valence-electron chi connectivity index (χ2n) is 6.18. The normalized spacial score (nSPS) is 12.4. The second-order valence-corrected chi connectivity index (χ2v) is 10.5. The number of carbonyl (C=O) groups is 1. The van der Waals surface area contributed by atoms with E-state index in [4.69, 9.17) is 0 Å². The zero-order valence-electron chi connectivity index (χ0n) is 15.4. The third kappa shape index (κ3) is 5.37. The maximum Gasteiger partial charge on any atom is 0.271 e. The molecule has 8 heteroatoms. The Kier molecular flexibility index (Phi) is 6.43. The lowest BCUT2D eigenvalue weighted by molar-refractivity contribution is -0.115. The number of rotatable bonds is 7. The van der Waals surface area contributed by atoms with E-state index in [0.717, 1.165) is 16.1 Å². The fraction of sp³-hybridized carbons (Fsp3) is 0.150. The summed E-state index contributed by atoms with van der Waals surface area (Å²) in [7, 11) is -3.56. The van der Waals surface area contributed by atoms with Crippen molar-refractivity contribution in [2.24, 2.45) is 0 Å². The van der Waals surface area contributed by atoms with Gasteiger partial charge in [-0.2, -0.15) is 0 Å². The number of thioether (sulfide) groups is 1. The van der Waals surface area contributed by atoms with Crippen LogP contribution in [0.4, 0.5) is 11.4 Å². The highest BCUT2D eigenvalue weighted by molar-refractivity contribution is 8.00. The molecule has 0 saturated carbocycles. The van der Waals surface area contributed by atoms with Crippen LogP contribution in [0, 0.1) is 6.92 Å². The summed E-state index contributed by atoms with van der Waals surface area (Å²) in [6.07, 6.45) is 0. The van der Waals surface area contributed by atoms with Crippen LogP contribution >= 0.6 is 23.1 Å². The van der Waals surface area contributed by atoms with Gasteiger partial charge in [-0.3, -0.25) is 9.52 Å². The lowest BCUT2D eigenvalue weighted by Crippen LogP contribution is -2.22. The Morgan fingerprint density at radius 1 is 1.04 bits per heavy atom. The topological polar surface area (TPSA) is 75.3 Å². The number of thiophene rings is 1. The summed E-state index contributed by atoms with van der Waals surface area (Å²) in [6.45, 7) is 3.81. The average Bonchev–Trinajstić information content (AvgIpc) is 3.19. The molecule has 2 aromatic carbocycles. The van der Waals surface area contributed by atoms with Crippen LogP contribution in [0.1, 0.15) is 12.5 Å². The van der Waals surface area contributed by atoms with Gasteiger partial charge in [0.1, 0.15) is 4.21 Å². The smallest absolute Gasteiger partial charge is 0.271 e. The number of sulfonamides is 1. The van der Waals surface area contributed by atoms with E-state index in [0.29, 0.717) is 5.69 Å². The van der Waals surface area contributed by atoms with Crippen LogP contribution in [0.3, 0.4) is 0 Å². The molecule has 3 rings (SSSR count). The molecule has 1 aromatic heterocycles. The second kappa shape index (κ2) is 8.81. The van der Waals surface area contributed by atoms with Gasteiger partial charge >= 0.3 is 0 Å². The number of nitrogens with one attached hydrogen (secondary N) is 2. The van der Waals surface area contributed by atoms with E-state index in [1.54, 1.807) is 41.8 Å². The third-order valence-corrected chi connectivity index (χ3v) is 7.72. The average molecular weight is 433 g/mol. The minimum atomic E-state index is -3.56. The van der Waals surface area contributed by atoms with Gasteiger partial charge in [-0.1, -0.05) is 18.2 Å². The Morgan fingerprint density at radius 2 is 1.79 bits per heavy atom. The van der Waals surface area contributed by atoms with Crippen molar-refractivity contribution in [3.8, 4) is 0 Å². The van der Waals surface area contributed by atoms with Crippen molar-refractivity contribution in [1.82, 2.24) is 0 Å². The summed E-state index contributed by atoms with van der Waals surface area (Å²) >= 11 is 2.58. The number of aryl methyl sites for hydroxylation is 1. The van der Waals surface area contributed by atoms with E-state index < -0.39 is 10.0 Å². The number of hydrogen-bond acceptors (Lipinski definition) is 5. The summed E-state index contributed by atoms with van der Waals surface area (Å²) in [6, 6.07) is 17.9. The first-order valence-electron chi connectivity index (χ1n) is 8.54. The van der Waals surface area contributed by atoms with E-state index in [-0.39, 0.29) is 15.4 Å². The summed E-state index contributed by atoms with van der Waals surface area (Å²) in [5.74, 6) is -0.0851. The monoisotopic (exact) mass is 432 g/mol. The molecule has 5 nitrogen and oxygen atoms in total. The number of carbonyl (C=O) groups excluding carboxylic acids is 1. The van der Waals surface area contributed by atoms with Crippen LogP contribution in [0.15, 0.2) is 75.1 Å². The summed E-state index contributed by atoms with van der Waals surface area (Å²) in [4.78, 5) is 13.3. The Labute approximate surface area is 173 Å². The minimum Gasteiger partial charge on any atom is -0.325 e. The predicted molar refractivity (Wildman–Crippen MR) is 117 cm³/mol. The van der Waals surface area contributed by atoms with Crippen LogP contribution in [0.25, 0.3) is 0 Å². The number of benzene rings is 2. The van der Waals surface area contributed by atoms with Crippen molar-refractivity contribution < 1.29 is 13.2 Å². The molecule has 1 heterocycles. The minimum absolute atomic E-state index is 0.0851. The first-order valence-corrected chi connectivity index (χ1v) is 11.8. The van der Waals surface area contributed by atoms with E-state index in [9.17, 15) is 13.2 Å². The first kappa shape index (κ1) is 20.4. The van der Waals surface area contributed by atoms with E-state index in [1.807, 2.05) is 38.1 Å². The number of anilines is 2. The molecule has 1 unspecified atom stereocenters. The molecule has 0 aliphatic rings. The van der Waals surface area contributed by atoms with E-state index >= 15 is 0 Å². The molecule has 146 valence electrons. The lowest BCUT2D eigenvalue weighted by Gasteiger charge is -2.13. The quantitative estimate of drug-likeness (QED) is 0.517. The molecule has 2 N–H and O–H groups in total. The lowest BCUT2D eigenvalue weighted by atomic mass is 10.2. The van der Waals surface area contributed by atoms with Crippen molar-refractivity contribution in [3.63, 3.8) is 0 Å². The Balaban J connectivity index is 1.60. The Morgan fingerprint density at radius 3 is 2.43 bits per heavy atom. The largest absolute Gasteiger partial charge is 0.325 e. The molecular weight excluding hydrogens is 412 g/mol. The number of hydrogen-bond donors (Lipinski definition) is 2. The van der Waals surface area contributed by atoms with Gasteiger partial charge in [0.15, 0.2) is 0 Å². The molecule has 1 amide bonds. The van der Waals surface area contributed by atoms with Crippen molar-refractivity contribution in [1.29, 1.82) is 0 Å². The van der Waals surface area contributed by atoms with Gasteiger partial charge in [0, 0.05) is 16.3 Å². The van der Waals surface area contributed by atoms with Gasteiger partial charge < -0.3 is 5.32 Å². The summed E-state index contributed by atoms with van der Waals surface area (Å²) in [5, 5.41) is 4.33. The molecule has 0 spiro atoms. The van der Waals surface area contributed by atoms with Crippen molar-refractivity contribution in [3.05, 3.63) is 71.6 Å². The predicted octanol–water partition coefficient (Wildman–Crippen LogP) is 4.98. The molecule has 0 aliphatic heterocycles. The van der Waals surface area contributed by atoms with Crippen molar-refractivity contribution >= 4 is 50.4 Å². The molecule has 0 saturated heterocycles. The molecule has 0 bridgehead atoms. The standard InChI is InChI=1S/C20H20N2O3S3/c1-14-5-3-6-17(13-14)21-20(23)15(2)27-18-10-8-16(9-11-18)22-28(24,25)19-7-4-12-26-19/h3-13,15,22H,1-2H3,(H,21,23). The van der Waals surface area contributed by atoms with Gasteiger partial charge in [0.05, 0.1) is 5.25 Å². The molecule has 3 aromatic rings. The van der Waals surface area contributed by atoms with Crippen molar-refractivity contribution in [2.75, 3.05) is 10.0 Å². The zero-order valence-corrected chi connectivity index (χ0v) is 17.8. The summed E-state index contributed by atoms with van der Waals surface area (Å²) < 4.78 is 27.3. The molecule has 0 fully saturated rings. The fourth-order valence-electron chi connectivity index (χ4n) is 2.45. The maximum absolute atomic E-state index is 12.4. The molecule has 0 radical (unpaired) electrons. The number of amides is 1. The van der Waals surface area contributed by atoms with Gasteiger partial charge in [-0.25, -0.2) is 8.42 Å². The van der Waals surface area contributed by atoms with Crippen molar-refractivity contribution in [2.45, 2.75) is 28.2 Å². The van der Waals surface area contributed by atoms with Crippen LogP contribution in [-0.4, -0.2) is 19.6 Å². The fourth-order valence-corrected chi connectivity index (χ4v) is 5.37. The molecular formula is C20H20N2O3S3. The summed E-state index contributed by atoms with van der Waals surface area (Å²) in [5.41, 5.74) is 2.34. The SMILES string of the molecule is Cc1cccc(NC(=O)C(C)Sc2ccc(NS(=O)(=O)c3cccs3)cc2)c1. The zero-order chi connectivity index (χ0) is 20.1. The van der Waals surface area contributed by atoms with E-state index in [1.165, 1.54) is 23.1 Å². The van der Waals surface area contributed by atoms with Gasteiger partial charge in [0.25, 0.3) is 10.0 Å². The highest BCUT2D eigenvalue weighted by atomic mass is 32.2. The van der Waals surface area contributed by atoms with Crippen LogP contribution in [0.2, 0.25) is 0 Å². The highest BCUT2D eigenvalue weighted by Gasteiger charge is 2.17. The molecule has 0 aliphatic carbocycles. The highest BCUT2D eigenvalue weighted by Crippen LogP contribution is 2.27. The Bertz CT molecular complexity index is 1050. The van der Waals surface area contributed by atoms with Crippen LogP contribution in [0.5, 0.6) is 0 Å².